The molecule has 0 N–H and O–H groups in total. The lowest BCUT2D eigenvalue weighted by atomic mass is 9.79. The fraction of sp³-hybridized carbons (Fsp3) is 0.324. The van der Waals surface area contributed by atoms with E-state index in [1.807, 2.05) is 0 Å². The third kappa shape index (κ3) is 7.69. The molecule has 0 unspecified atom stereocenters. The molecule has 0 amide bonds. The van der Waals surface area contributed by atoms with Gasteiger partial charge in [0, 0.05) is 44.4 Å². The Kier molecular flexibility index (Phi) is 10.9. The highest BCUT2D eigenvalue weighted by molar-refractivity contribution is 6.22. The summed E-state index contributed by atoms with van der Waals surface area (Å²) in [5.41, 5.74) is 22.4. The molecule has 8 aromatic carbocycles. The second kappa shape index (κ2) is 16.1. The van der Waals surface area contributed by atoms with E-state index < -0.39 is 0 Å². The molecule has 0 saturated heterocycles. The molecule has 10 rings (SSSR count). The number of hydrogen-bond donors (Lipinski definition) is 0. The van der Waals surface area contributed by atoms with Crippen LogP contribution in [0.3, 0.4) is 0 Å². The maximum absolute atomic E-state index is 2.59. The fourth-order valence-corrected chi connectivity index (χ4v) is 11.6. The van der Waals surface area contributed by atoms with Crippen molar-refractivity contribution in [2.45, 2.75) is 143 Å². The van der Waals surface area contributed by atoms with Crippen molar-refractivity contribution in [3.05, 3.63) is 202 Å². The first-order valence-electron chi connectivity index (χ1n) is 25.7. The minimum Gasteiger partial charge on any atom is -0.310 e. The van der Waals surface area contributed by atoms with E-state index in [9.17, 15) is 0 Å². The lowest BCUT2D eigenvalue weighted by Gasteiger charge is -2.35. The summed E-state index contributed by atoms with van der Waals surface area (Å²) in [4.78, 5) is 5.16. The summed E-state index contributed by atoms with van der Waals surface area (Å²) in [6, 6.07) is 61.3. The average molecular weight is 919 g/mol. The molecule has 0 aromatic heterocycles. The van der Waals surface area contributed by atoms with Gasteiger partial charge in [-0.15, -0.1) is 0 Å². The first-order chi connectivity index (χ1) is 32.8. The van der Waals surface area contributed by atoms with Gasteiger partial charge < -0.3 is 9.80 Å². The summed E-state index contributed by atoms with van der Waals surface area (Å²) in [5, 5.41) is 2.55. The van der Waals surface area contributed by atoms with Gasteiger partial charge in [-0.25, -0.2) is 0 Å². The smallest absolute Gasteiger partial charge is 0.0550 e. The number of fused-ring (bicyclic) bond motifs is 9. The molecule has 2 heteroatoms. The highest BCUT2D eigenvalue weighted by atomic mass is 15.2. The molecule has 0 fully saturated rings. The molecule has 356 valence electrons. The van der Waals surface area contributed by atoms with Gasteiger partial charge in [-0.2, -0.15) is 0 Å². The lowest BCUT2D eigenvalue weighted by Crippen LogP contribution is -2.20. The standard InChI is InChI=1S/C68H74N2/c1-63(2,3)43-25-33-47(34-26-43)69(48-35-27-44(28-36-48)64(4,5)6)57-41-55-60(52-22-18-20-24-54(52)67(55,13)14)62-58(42-56-59(61(57)62)51-21-17-19-23-53(51)68(56,15)16)70(49-37-29-45(30-38-49)65(7,8)9)50-39-31-46(32-40-50)66(10,11)12/h17-42H,1-16H3. The van der Waals surface area contributed by atoms with E-state index in [1.165, 1.54) is 88.9 Å². The Labute approximate surface area is 420 Å². The van der Waals surface area contributed by atoms with Gasteiger partial charge in [0.1, 0.15) is 0 Å². The van der Waals surface area contributed by atoms with Gasteiger partial charge in [-0.3, -0.25) is 0 Å². The van der Waals surface area contributed by atoms with Crippen molar-refractivity contribution in [2.75, 3.05) is 9.80 Å². The van der Waals surface area contributed by atoms with E-state index in [4.69, 9.17) is 0 Å². The van der Waals surface area contributed by atoms with Crippen molar-refractivity contribution < 1.29 is 0 Å². The Morgan fingerprint density at radius 3 is 0.786 bits per heavy atom. The van der Waals surface area contributed by atoms with E-state index in [0.717, 1.165) is 22.7 Å². The maximum Gasteiger partial charge on any atom is 0.0550 e. The second-order valence-corrected chi connectivity index (χ2v) is 25.6. The van der Waals surface area contributed by atoms with Gasteiger partial charge in [0.05, 0.1) is 11.4 Å². The highest BCUT2D eigenvalue weighted by Crippen LogP contribution is 2.62. The first kappa shape index (κ1) is 47.3. The number of hydrogen-bond acceptors (Lipinski definition) is 2. The molecule has 0 radical (unpaired) electrons. The molecular formula is C68H74N2. The fourth-order valence-electron chi connectivity index (χ4n) is 11.6. The average Bonchev–Trinajstić information content (AvgIpc) is 3.67. The summed E-state index contributed by atoms with van der Waals surface area (Å²) in [6.07, 6.45) is 0. The van der Waals surface area contributed by atoms with E-state index in [1.54, 1.807) is 0 Å². The van der Waals surface area contributed by atoms with Crippen LogP contribution < -0.4 is 9.80 Å². The SMILES string of the molecule is CC(C)(C)c1ccc(N(c2ccc(C(C)(C)C)cc2)c2cc3c(c4c(N(c5ccc(C(C)(C)C)cc5)c5ccc(C(C)(C)C)cc5)cc5c(c24)-c2ccccc2C5(C)C)-c2ccccc2C3(C)C)cc1. The quantitative estimate of drug-likeness (QED) is 0.164. The zero-order valence-corrected chi connectivity index (χ0v) is 44.9. The minimum absolute atomic E-state index is 0.0123. The van der Waals surface area contributed by atoms with Crippen LogP contribution >= 0.6 is 0 Å². The van der Waals surface area contributed by atoms with Crippen LogP contribution in [-0.4, -0.2) is 0 Å². The Balaban J connectivity index is 1.42. The van der Waals surface area contributed by atoms with Gasteiger partial charge in [-0.1, -0.05) is 208 Å². The summed E-state index contributed by atoms with van der Waals surface area (Å²) in [6.45, 7) is 37.4. The Bertz CT molecular complexity index is 2960. The van der Waals surface area contributed by atoms with Crippen LogP contribution in [0, 0.1) is 0 Å². The second-order valence-electron chi connectivity index (χ2n) is 25.6. The van der Waals surface area contributed by atoms with Crippen LogP contribution in [0.2, 0.25) is 0 Å². The normalized spacial score (nSPS) is 14.8. The zero-order chi connectivity index (χ0) is 50.1. The summed E-state index contributed by atoms with van der Waals surface area (Å²) in [5.74, 6) is 0. The van der Waals surface area contributed by atoms with Gasteiger partial charge >= 0.3 is 0 Å². The van der Waals surface area contributed by atoms with Gasteiger partial charge in [0.2, 0.25) is 0 Å². The molecule has 0 heterocycles. The molecular weight excluding hydrogens is 845 g/mol. The van der Waals surface area contributed by atoms with E-state index in [-0.39, 0.29) is 32.5 Å². The molecule has 0 saturated carbocycles. The molecule has 0 bridgehead atoms. The van der Waals surface area contributed by atoms with Gasteiger partial charge in [0.15, 0.2) is 0 Å². The Hall–Kier alpha value is -6.38. The lowest BCUT2D eigenvalue weighted by molar-refractivity contribution is 0.590. The Morgan fingerprint density at radius 1 is 0.300 bits per heavy atom. The number of rotatable bonds is 6. The van der Waals surface area contributed by atoms with Crippen LogP contribution in [-0.2, 0) is 32.5 Å². The van der Waals surface area contributed by atoms with Crippen molar-refractivity contribution in [1.29, 1.82) is 0 Å². The molecule has 70 heavy (non-hydrogen) atoms. The molecule has 2 aliphatic carbocycles. The van der Waals surface area contributed by atoms with Crippen molar-refractivity contribution >= 4 is 44.9 Å². The molecule has 0 atom stereocenters. The van der Waals surface area contributed by atoms with Crippen molar-refractivity contribution in [1.82, 2.24) is 0 Å². The van der Waals surface area contributed by atoms with Crippen molar-refractivity contribution in [3.63, 3.8) is 0 Å². The highest BCUT2D eigenvalue weighted by Gasteiger charge is 2.44. The van der Waals surface area contributed by atoms with E-state index >= 15 is 0 Å². The zero-order valence-electron chi connectivity index (χ0n) is 44.9. The topological polar surface area (TPSA) is 6.48 Å². The summed E-state index contributed by atoms with van der Waals surface area (Å²) >= 11 is 0. The first-order valence-corrected chi connectivity index (χ1v) is 25.7. The maximum atomic E-state index is 2.59. The molecule has 0 aliphatic heterocycles. The van der Waals surface area contributed by atoms with Crippen molar-refractivity contribution in [2.24, 2.45) is 0 Å². The Morgan fingerprint density at radius 2 is 0.543 bits per heavy atom. The molecule has 2 nitrogen and oxygen atoms in total. The third-order valence-electron chi connectivity index (χ3n) is 15.9. The predicted octanol–water partition coefficient (Wildman–Crippen LogP) is 19.6. The monoisotopic (exact) mass is 919 g/mol. The van der Waals surface area contributed by atoms with E-state index in [2.05, 4.69) is 278 Å². The minimum atomic E-state index is -0.284. The van der Waals surface area contributed by atoms with Gasteiger partial charge in [-0.05, 0) is 149 Å². The van der Waals surface area contributed by atoms with Gasteiger partial charge in [0.25, 0.3) is 0 Å². The van der Waals surface area contributed by atoms with Crippen LogP contribution in [0.4, 0.5) is 34.1 Å². The number of nitrogens with zero attached hydrogens (tertiary/aromatic N) is 2. The van der Waals surface area contributed by atoms with Crippen LogP contribution in [0.5, 0.6) is 0 Å². The van der Waals surface area contributed by atoms with Crippen LogP contribution in [0.15, 0.2) is 158 Å². The summed E-state index contributed by atoms with van der Waals surface area (Å²) < 4.78 is 0. The molecule has 2 aliphatic rings. The molecule has 0 spiro atoms. The predicted molar refractivity (Wildman–Crippen MR) is 303 cm³/mol. The molecule has 8 aromatic rings. The van der Waals surface area contributed by atoms with E-state index in [0.29, 0.717) is 0 Å². The van der Waals surface area contributed by atoms with Crippen LogP contribution in [0.1, 0.15) is 155 Å². The third-order valence-corrected chi connectivity index (χ3v) is 15.9. The van der Waals surface area contributed by atoms with Crippen molar-refractivity contribution in [3.8, 4) is 22.3 Å². The largest absolute Gasteiger partial charge is 0.310 e. The number of anilines is 6. The summed E-state index contributed by atoms with van der Waals surface area (Å²) in [7, 11) is 0. The van der Waals surface area contributed by atoms with Crippen LogP contribution in [0.25, 0.3) is 33.0 Å². The number of benzene rings is 8.